The Labute approximate surface area is 143 Å². The van der Waals surface area contributed by atoms with Crippen LogP contribution in [0.25, 0.3) is 10.9 Å². The Morgan fingerprint density at radius 3 is 2.80 bits per heavy atom. The second-order valence-corrected chi connectivity index (χ2v) is 5.49. The number of hydrogen-bond acceptors (Lipinski definition) is 3. The highest BCUT2D eigenvalue weighted by atomic mass is 19.1. The molecule has 0 fully saturated rings. The molecule has 0 saturated heterocycles. The SMILES string of the molecule is CCOC(=O)c1ccccc1NC(=O)Cc1c[nH]c2cc(F)ccc12. The van der Waals surface area contributed by atoms with Crippen LogP contribution in [0.3, 0.4) is 0 Å². The molecule has 3 aromatic rings. The zero-order chi connectivity index (χ0) is 17.8. The lowest BCUT2D eigenvalue weighted by Gasteiger charge is -2.10. The first kappa shape index (κ1) is 16.7. The highest BCUT2D eigenvalue weighted by molar-refractivity contribution is 6.02. The normalized spacial score (nSPS) is 10.6. The number of esters is 1. The number of fused-ring (bicyclic) bond motifs is 1. The molecule has 0 radical (unpaired) electrons. The molecule has 6 heteroatoms. The van der Waals surface area contributed by atoms with E-state index >= 15 is 0 Å². The number of hydrogen-bond donors (Lipinski definition) is 2. The lowest BCUT2D eigenvalue weighted by molar-refractivity contribution is -0.115. The molecule has 0 aliphatic heterocycles. The number of rotatable bonds is 5. The molecule has 128 valence electrons. The second kappa shape index (κ2) is 7.17. The fourth-order valence-corrected chi connectivity index (χ4v) is 2.65. The fraction of sp³-hybridized carbons (Fsp3) is 0.158. The van der Waals surface area contributed by atoms with Crippen molar-refractivity contribution in [1.29, 1.82) is 0 Å². The maximum atomic E-state index is 13.2. The molecule has 2 aromatic carbocycles. The van der Waals surface area contributed by atoms with Crippen molar-refractivity contribution in [3.05, 3.63) is 65.6 Å². The van der Waals surface area contributed by atoms with Gasteiger partial charge in [-0.1, -0.05) is 12.1 Å². The second-order valence-electron chi connectivity index (χ2n) is 5.49. The van der Waals surface area contributed by atoms with Gasteiger partial charge in [-0.3, -0.25) is 4.79 Å². The third kappa shape index (κ3) is 3.68. The van der Waals surface area contributed by atoms with Gasteiger partial charge in [0.05, 0.1) is 24.3 Å². The fourth-order valence-electron chi connectivity index (χ4n) is 2.65. The van der Waals surface area contributed by atoms with Crippen LogP contribution in [0.4, 0.5) is 10.1 Å². The molecular formula is C19H17FN2O3. The Kier molecular flexibility index (Phi) is 4.79. The van der Waals surface area contributed by atoms with Crippen molar-refractivity contribution in [2.24, 2.45) is 0 Å². The minimum Gasteiger partial charge on any atom is -0.462 e. The molecule has 0 atom stereocenters. The Bertz CT molecular complexity index is 933. The lowest BCUT2D eigenvalue weighted by Crippen LogP contribution is -2.17. The molecule has 0 aliphatic carbocycles. The van der Waals surface area contributed by atoms with Gasteiger partial charge in [-0.2, -0.15) is 0 Å². The minimum absolute atomic E-state index is 0.1000. The van der Waals surface area contributed by atoms with E-state index in [2.05, 4.69) is 10.3 Å². The summed E-state index contributed by atoms with van der Waals surface area (Å²) in [4.78, 5) is 27.3. The van der Waals surface area contributed by atoms with Crippen LogP contribution in [0.2, 0.25) is 0 Å². The third-order valence-corrected chi connectivity index (χ3v) is 3.78. The number of para-hydroxylation sites is 1. The van der Waals surface area contributed by atoms with Crippen molar-refractivity contribution in [1.82, 2.24) is 4.98 Å². The minimum atomic E-state index is -0.485. The van der Waals surface area contributed by atoms with Gasteiger partial charge in [0, 0.05) is 17.1 Å². The van der Waals surface area contributed by atoms with E-state index in [0.717, 1.165) is 10.9 Å². The number of carbonyl (C=O) groups excluding carboxylic acids is 2. The number of benzene rings is 2. The average molecular weight is 340 g/mol. The monoisotopic (exact) mass is 340 g/mol. The molecule has 0 saturated carbocycles. The van der Waals surface area contributed by atoms with E-state index in [9.17, 15) is 14.0 Å². The predicted molar refractivity (Wildman–Crippen MR) is 93.0 cm³/mol. The highest BCUT2D eigenvalue weighted by Gasteiger charge is 2.15. The van der Waals surface area contributed by atoms with E-state index in [1.807, 2.05) is 0 Å². The van der Waals surface area contributed by atoms with Crippen LogP contribution in [0.15, 0.2) is 48.7 Å². The molecule has 25 heavy (non-hydrogen) atoms. The van der Waals surface area contributed by atoms with Crippen molar-refractivity contribution >= 4 is 28.5 Å². The molecule has 2 N–H and O–H groups in total. The van der Waals surface area contributed by atoms with Crippen molar-refractivity contribution in [2.75, 3.05) is 11.9 Å². The maximum Gasteiger partial charge on any atom is 0.340 e. The molecule has 0 bridgehead atoms. The number of aromatic amines is 1. The quantitative estimate of drug-likeness (QED) is 0.696. The zero-order valence-corrected chi connectivity index (χ0v) is 13.6. The van der Waals surface area contributed by atoms with Gasteiger partial charge in [-0.05, 0) is 42.8 Å². The number of aromatic nitrogens is 1. The summed E-state index contributed by atoms with van der Waals surface area (Å²) >= 11 is 0. The molecular weight excluding hydrogens is 323 g/mol. The molecule has 5 nitrogen and oxygen atoms in total. The lowest BCUT2D eigenvalue weighted by atomic mass is 10.1. The average Bonchev–Trinajstić information content (AvgIpc) is 2.97. The summed E-state index contributed by atoms with van der Waals surface area (Å²) in [5, 5.41) is 3.52. The first-order chi connectivity index (χ1) is 12.1. The number of anilines is 1. The summed E-state index contributed by atoms with van der Waals surface area (Å²) < 4.78 is 18.2. The third-order valence-electron chi connectivity index (χ3n) is 3.78. The van der Waals surface area contributed by atoms with E-state index in [0.29, 0.717) is 16.8 Å². The van der Waals surface area contributed by atoms with Gasteiger partial charge in [0.2, 0.25) is 5.91 Å². The molecule has 0 aliphatic rings. The Hall–Kier alpha value is -3.15. The molecule has 1 amide bonds. The highest BCUT2D eigenvalue weighted by Crippen LogP contribution is 2.21. The Morgan fingerprint density at radius 2 is 2.00 bits per heavy atom. The predicted octanol–water partition coefficient (Wildman–Crippen LogP) is 3.66. The summed E-state index contributed by atoms with van der Waals surface area (Å²) in [6.07, 6.45) is 1.78. The van der Waals surface area contributed by atoms with Crippen LogP contribution in [0.1, 0.15) is 22.8 Å². The van der Waals surface area contributed by atoms with Gasteiger partial charge < -0.3 is 15.0 Å². The number of ether oxygens (including phenoxy) is 1. The number of nitrogens with one attached hydrogen (secondary N) is 2. The summed E-state index contributed by atoms with van der Waals surface area (Å²) in [5.41, 5.74) is 2.09. The molecule has 1 heterocycles. The standard InChI is InChI=1S/C19H17FN2O3/c1-2-25-19(24)15-5-3-4-6-16(15)22-18(23)9-12-11-21-17-10-13(20)7-8-14(12)17/h3-8,10-11,21H,2,9H2,1H3,(H,22,23). The van der Waals surface area contributed by atoms with Crippen molar-refractivity contribution in [2.45, 2.75) is 13.3 Å². The molecule has 0 spiro atoms. The maximum absolute atomic E-state index is 13.2. The van der Waals surface area contributed by atoms with Gasteiger partial charge >= 0.3 is 5.97 Å². The molecule has 3 rings (SSSR count). The van der Waals surface area contributed by atoms with Gasteiger partial charge in [-0.15, -0.1) is 0 Å². The Morgan fingerprint density at radius 1 is 1.20 bits per heavy atom. The number of H-pyrrole nitrogens is 1. The zero-order valence-electron chi connectivity index (χ0n) is 13.6. The van der Waals surface area contributed by atoms with Gasteiger partial charge in [0.1, 0.15) is 5.82 Å². The summed E-state index contributed by atoms with van der Waals surface area (Å²) in [7, 11) is 0. The van der Waals surface area contributed by atoms with E-state index in [1.165, 1.54) is 12.1 Å². The van der Waals surface area contributed by atoms with Gasteiger partial charge in [0.15, 0.2) is 0 Å². The van der Waals surface area contributed by atoms with E-state index in [-0.39, 0.29) is 24.8 Å². The van der Waals surface area contributed by atoms with Crippen LogP contribution in [0.5, 0.6) is 0 Å². The molecule has 0 unspecified atom stereocenters. The van der Waals surface area contributed by atoms with E-state index in [1.54, 1.807) is 43.5 Å². The topological polar surface area (TPSA) is 71.2 Å². The first-order valence-electron chi connectivity index (χ1n) is 7.90. The van der Waals surface area contributed by atoms with Crippen LogP contribution in [0, 0.1) is 5.82 Å². The van der Waals surface area contributed by atoms with E-state index < -0.39 is 5.97 Å². The molecule has 1 aromatic heterocycles. The number of amides is 1. The smallest absolute Gasteiger partial charge is 0.340 e. The van der Waals surface area contributed by atoms with Crippen molar-refractivity contribution in [3.8, 4) is 0 Å². The van der Waals surface area contributed by atoms with Gasteiger partial charge in [0.25, 0.3) is 0 Å². The van der Waals surface area contributed by atoms with Crippen molar-refractivity contribution in [3.63, 3.8) is 0 Å². The largest absolute Gasteiger partial charge is 0.462 e. The number of halogens is 1. The Balaban J connectivity index is 1.78. The summed E-state index contributed by atoms with van der Waals surface area (Å²) in [5.74, 6) is -1.10. The summed E-state index contributed by atoms with van der Waals surface area (Å²) in [6.45, 7) is 1.98. The van der Waals surface area contributed by atoms with Crippen molar-refractivity contribution < 1.29 is 18.7 Å². The first-order valence-corrected chi connectivity index (χ1v) is 7.90. The van der Waals surface area contributed by atoms with Crippen LogP contribution >= 0.6 is 0 Å². The van der Waals surface area contributed by atoms with Crippen LogP contribution in [-0.2, 0) is 16.0 Å². The van der Waals surface area contributed by atoms with E-state index in [4.69, 9.17) is 4.74 Å². The van der Waals surface area contributed by atoms with Crippen LogP contribution in [-0.4, -0.2) is 23.5 Å². The van der Waals surface area contributed by atoms with Crippen LogP contribution < -0.4 is 5.32 Å². The van der Waals surface area contributed by atoms with Gasteiger partial charge in [-0.25, -0.2) is 9.18 Å². The number of carbonyl (C=O) groups is 2. The summed E-state index contributed by atoms with van der Waals surface area (Å²) in [6, 6.07) is 11.1.